The fourth-order valence-corrected chi connectivity index (χ4v) is 3.26. The van der Waals surface area contributed by atoms with Gasteiger partial charge in [0.2, 0.25) is 11.8 Å². The lowest BCUT2D eigenvalue weighted by Gasteiger charge is -2.28. The number of para-hydroxylation sites is 2. The van der Waals surface area contributed by atoms with E-state index >= 15 is 0 Å². The number of fused-ring (bicyclic) bond motifs is 1. The molecule has 30 heavy (non-hydrogen) atoms. The number of amides is 1. The van der Waals surface area contributed by atoms with Crippen LogP contribution in [0.3, 0.4) is 0 Å². The van der Waals surface area contributed by atoms with Gasteiger partial charge in [0.05, 0.1) is 25.3 Å². The quantitative estimate of drug-likeness (QED) is 0.564. The minimum atomic E-state index is -0.560. The lowest BCUT2D eigenvalue weighted by Crippen LogP contribution is -2.37. The van der Waals surface area contributed by atoms with E-state index in [1.807, 2.05) is 6.92 Å². The molecule has 0 aliphatic carbocycles. The molecule has 0 radical (unpaired) electrons. The SMILES string of the molecule is Cc1nc(OCCNC(=O)Cn2c(=O)oc3ccccc32)cc(N2CCOCC2)n1. The first-order valence-electron chi connectivity index (χ1n) is 9.76. The van der Waals surface area contributed by atoms with Crippen molar-refractivity contribution in [3.05, 3.63) is 46.7 Å². The van der Waals surface area contributed by atoms with Crippen molar-refractivity contribution in [3.8, 4) is 5.88 Å². The number of morpholine rings is 1. The molecule has 1 aromatic carbocycles. The van der Waals surface area contributed by atoms with Crippen molar-refractivity contribution in [1.29, 1.82) is 0 Å². The first kappa shape index (κ1) is 19.9. The van der Waals surface area contributed by atoms with Gasteiger partial charge in [-0.15, -0.1) is 0 Å². The van der Waals surface area contributed by atoms with E-state index in [9.17, 15) is 9.59 Å². The Labute approximate surface area is 172 Å². The van der Waals surface area contributed by atoms with Crippen molar-refractivity contribution in [2.75, 3.05) is 44.4 Å². The zero-order chi connectivity index (χ0) is 20.9. The van der Waals surface area contributed by atoms with Gasteiger partial charge < -0.3 is 24.1 Å². The van der Waals surface area contributed by atoms with Crippen molar-refractivity contribution in [3.63, 3.8) is 0 Å². The first-order valence-corrected chi connectivity index (χ1v) is 9.76. The van der Waals surface area contributed by atoms with Gasteiger partial charge in [-0.3, -0.25) is 9.36 Å². The van der Waals surface area contributed by atoms with E-state index < -0.39 is 5.76 Å². The molecule has 0 bridgehead atoms. The Morgan fingerprint density at radius 2 is 2.03 bits per heavy atom. The zero-order valence-electron chi connectivity index (χ0n) is 16.7. The monoisotopic (exact) mass is 413 g/mol. The summed E-state index contributed by atoms with van der Waals surface area (Å²) in [5, 5.41) is 2.74. The van der Waals surface area contributed by atoms with Crippen LogP contribution in [0.1, 0.15) is 5.82 Å². The highest BCUT2D eigenvalue weighted by molar-refractivity contribution is 5.79. The number of carbonyl (C=O) groups is 1. The summed E-state index contributed by atoms with van der Waals surface area (Å²) in [7, 11) is 0. The zero-order valence-corrected chi connectivity index (χ0v) is 16.7. The predicted octanol–water partition coefficient (Wildman–Crippen LogP) is 0.725. The molecule has 0 atom stereocenters. The second-order valence-electron chi connectivity index (χ2n) is 6.83. The van der Waals surface area contributed by atoms with Gasteiger partial charge in [-0.2, -0.15) is 4.98 Å². The highest BCUT2D eigenvalue weighted by Gasteiger charge is 2.15. The van der Waals surface area contributed by atoms with Crippen LogP contribution in [-0.4, -0.2) is 59.9 Å². The van der Waals surface area contributed by atoms with Crippen LogP contribution in [0.5, 0.6) is 5.88 Å². The van der Waals surface area contributed by atoms with Gasteiger partial charge in [0, 0.05) is 19.2 Å². The normalized spacial score (nSPS) is 14.1. The number of rotatable bonds is 7. The van der Waals surface area contributed by atoms with Gasteiger partial charge in [0.25, 0.3) is 0 Å². The number of anilines is 1. The Morgan fingerprint density at radius 1 is 1.23 bits per heavy atom. The fraction of sp³-hybridized carbons (Fsp3) is 0.400. The molecular weight excluding hydrogens is 390 g/mol. The smallest absolute Gasteiger partial charge is 0.420 e. The van der Waals surface area contributed by atoms with Crippen molar-refractivity contribution in [2.45, 2.75) is 13.5 Å². The second-order valence-corrected chi connectivity index (χ2v) is 6.83. The van der Waals surface area contributed by atoms with E-state index in [-0.39, 0.29) is 25.6 Å². The number of aryl methyl sites for hydroxylation is 1. The average Bonchev–Trinajstić information content (AvgIpc) is 3.06. The van der Waals surface area contributed by atoms with E-state index in [0.717, 1.165) is 18.9 Å². The van der Waals surface area contributed by atoms with E-state index in [0.29, 0.717) is 36.0 Å². The summed E-state index contributed by atoms with van der Waals surface area (Å²) in [6, 6.07) is 8.77. The Balaban J connectivity index is 1.29. The number of aromatic nitrogens is 3. The molecule has 1 amide bonds. The van der Waals surface area contributed by atoms with Crippen molar-refractivity contribution in [1.82, 2.24) is 19.9 Å². The largest absolute Gasteiger partial charge is 0.476 e. The molecule has 0 spiro atoms. The minimum Gasteiger partial charge on any atom is -0.476 e. The van der Waals surface area contributed by atoms with Gasteiger partial charge in [-0.05, 0) is 19.1 Å². The highest BCUT2D eigenvalue weighted by Crippen LogP contribution is 2.18. The third-order valence-corrected chi connectivity index (χ3v) is 4.69. The molecule has 0 saturated carbocycles. The molecule has 4 rings (SSSR count). The van der Waals surface area contributed by atoms with E-state index in [1.165, 1.54) is 4.57 Å². The Hall–Kier alpha value is -3.40. The third kappa shape index (κ3) is 4.60. The van der Waals surface area contributed by atoms with Gasteiger partial charge in [-0.25, -0.2) is 9.78 Å². The predicted molar refractivity (Wildman–Crippen MR) is 109 cm³/mol. The molecule has 1 N–H and O–H groups in total. The van der Waals surface area contributed by atoms with Crippen LogP contribution >= 0.6 is 0 Å². The number of hydrogen-bond acceptors (Lipinski definition) is 8. The summed E-state index contributed by atoms with van der Waals surface area (Å²) >= 11 is 0. The maximum atomic E-state index is 12.2. The summed E-state index contributed by atoms with van der Waals surface area (Å²) in [6.45, 7) is 5.09. The molecule has 1 fully saturated rings. The van der Waals surface area contributed by atoms with Crippen LogP contribution in [0.4, 0.5) is 5.82 Å². The molecule has 10 heteroatoms. The van der Waals surface area contributed by atoms with Crippen LogP contribution in [0.2, 0.25) is 0 Å². The third-order valence-electron chi connectivity index (χ3n) is 4.69. The number of ether oxygens (including phenoxy) is 2. The van der Waals surface area contributed by atoms with E-state index in [1.54, 1.807) is 30.3 Å². The van der Waals surface area contributed by atoms with Gasteiger partial charge >= 0.3 is 5.76 Å². The van der Waals surface area contributed by atoms with E-state index in [2.05, 4.69) is 20.2 Å². The Bertz CT molecular complexity index is 1090. The fourth-order valence-electron chi connectivity index (χ4n) is 3.26. The van der Waals surface area contributed by atoms with Crippen molar-refractivity contribution in [2.24, 2.45) is 0 Å². The number of oxazole rings is 1. The summed E-state index contributed by atoms with van der Waals surface area (Å²) in [5.41, 5.74) is 1.04. The van der Waals surface area contributed by atoms with Crippen LogP contribution in [0.15, 0.2) is 39.5 Å². The second kappa shape index (κ2) is 8.95. The maximum Gasteiger partial charge on any atom is 0.420 e. The number of nitrogens with zero attached hydrogens (tertiary/aromatic N) is 4. The number of carbonyl (C=O) groups excluding carboxylic acids is 1. The number of nitrogens with one attached hydrogen (secondary N) is 1. The number of benzene rings is 1. The van der Waals surface area contributed by atoms with Crippen LogP contribution in [-0.2, 0) is 16.1 Å². The van der Waals surface area contributed by atoms with Crippen LogP contribution < -0.4 is 20.7 Å². The van der Waals surface area contributed by atoms with Crippen LogP contribution in [0.25, 0.3) is 11.1 Å². The molecule has 1 saturated heterocycles. The summed E-state index contributed by atoms with van der Waals surface area (Å²) in [4.78, 5) is 35.0. The van der Waals surface area contributed by atoms with Crippen LogP contribution in [0, 0.1) is 6.92 Å². The Kier molecular flexibility index (Phi) is 5.94. The molecule has 1 aliphatic rings. The molecular formula is C20H23N5O5. The topological polar surface area (TPSA) is 112 Å². The molecule has 3 heterocycles. The van der Waals surface area contributed by atoms with Gasteiger partial charge in [-0.1, -0.05) is 12.1 Å². The van der Waals surface area contributed by atoms with Crippen molar-refractivity contribution < 1.29 is 18.7 Å². The summed E-state index contributed by atoms with van der Waals surface area (Å²) < 4.78 is 17.5. The lowest BCUT2D eigenvalue weighted by molar-refractivity contribution is -0.121. The summed E-state index contributed by atoms with van der Waals surface area (Å²) in [5.74, 6) is 1.01. The van der Waals surface area contributed by atoms with Crippen molar-refractivity contribution >= 4 is 22.8 Å². The maximum absolute atomic E-state index is 12.2. The standard InChI is InChI=1S/C20H23N5O5/c1-14-22-17(24-7-10-28-11-8-24)12-19(23-14)29-9-6-21-18(26)13-25-15-4-2-3-5-16(15)30-20(25)27/h2-5,12H,6-11,13H2,1H3,(H,21,26). The Morgan fingerprint density at radius 3 is 2.87 bits per heavy atom. The van der Waals surface area contributed by atoms with E-state index in [4.69, 9.17) is 13.9 Å². The highest BCUT2D eigenvalue weighted by atomic mass is 16.5. The molecule has 10 nitrogen and oxygen atoms in total. The number of hydrogen-bond donors (Lipinski definition) is 1. The molecule has 3 aromatic rings. The van der Waals surface area contributed by atoms with Gasteiger partial charge in [0.1, 0.15) is 24.8 Å². The molecule has 1 aliphatic heterocycles. The molecule has 0 unspecified atom stereocenters. The molecule has 2 aromatic heterocycles. The summed E-state index contributed by atoms with van der Waals surface area (Å²) in [6.07, 6.45) is 0. The minimum absolute atomic E-state index is 0.121. The first-order chi connectivity index (χ1) is 14.6. The van der Waals surface area contributed by atoms with Gasteiger partial charge in [0.15, 0.2) is 5.58 Å². The average molecular weight is 413 g/mol. The lowest BCUT2D eigenvalue weighted by atomic mass is 10.3. The molecule has 158 valence electrons.